The molecular weight excluding hydrogens is 276 g/mol. The number of aromatic nitrogens is 1. The van der Waals surface area contributed by atoms with Gasteiger partial charge in [-0.1, -0.05) is 15.9 Å². The second-order valence-electron chi connectivity index (χ2n) is 2.61. The second-order valence-corrected chi connectivity index (χ2v) is 3.17. The summed E-state index contributed by atoms with van der Waals surface area (Å²) in [7, 11) is 0. The molecule has 2 N–H and O–H groups in total. The van der Waals surface area contributed by atoms with Crippen LogP contribution in [0.2, 0.25) is 0 Å². The standard InChI is InChI=1S/C7H6BrF2N3O2/c8-1-3-4(13(14)15)2-12-6(5(3)11)7(9)10/h2,7H,1,11H2. The topological polar surface area (TPSA) is 82.0 Å². The van der Waals surface area contributed by atoms with E-state index >= 15 is 0 Å². The smallest absolute Gasteiger partial charge is 0.293 e. The zero-order chi connectivity index (χ0) is 11.6. The predicted octanol–water partition coefficient (Wildman–Crippen LogP) is 2.40. The summed E-state index contributed by atoms with van der Waals surface area (Å²) in [4.78, 5) is 13.1. The van der Waals surface area contributed by atoms with Gasteiger partial charge in [0.05, 0.1) is 16.2 Å². The number of nitrogen functional groups attached to an aromatic ring is 1. The normalized spacial score (nSPS) is 10.7. The van der Waals surface area contributed by atoms with E-state index < -0.39 is 17.0 Å². The van der Waals surface area contributed by atoms with Crippen molar-refractivity contribution in [2.75, 3.05) is 5.73 Å². The number of pyridine rings is 1. The fraction of sp³-hybridized carbons (Fsp3) is 0.286. The van der Waals surface area contributed by atoms with Crippen molar-refractivity contribution in [3.8, 4) is 0 Å². The summed E-state index contributed by atoms with van der Waals surface area (Å²) in [6, 6.07) is 0. The van der Waals surface area contributed by atoms with Crippen molar-refractivity contribution < 1.29 is 13.7 Å². The van der Waals surface area contributed by atoms with Crippen molar-refractivity contribution in [2.45, 2.75) is 11.8 Å². The van der Waals surface area contributed by atoms with Crippen LogP contribution in [0.3, 0.4) is 0 Å². The largest absolute Gasteiger partial charge is 0.397 e. The van der Waals surface area contributed by atoms with Crippen LogP contribution in [0.25, 0.3) is 0 Å². The van der Waals surface area contributed by atoms with Crippen LogP contribution in [0.5, 0.6) is 0 Å². The van der Waals surface area contributed by atoms with Gasteiger partial charge in [0.1, 0.15) is 11.9 Å². The van der Waals surface area contributed by atoms with Gasteiger partial charge in [0, 0.05) is 5.33 Å². The maximum Gasteiger partial charge on any atom is 0.293 e. The zero-order valence-electron chi connectivity index (χ0n) is 7.28. The van der Waals surface area contributed by atoms with Gasteiger partial charge in [0.25, 0.3) is 12.1 Å². The minimum atomic E-state index is -2.84. The lowest BCUT2D eigenvalue weighted by Crippen LogP contribution is -2.05. The van der Waals surface area contributed by atoms with Crippen LogP contribution >= 0.6 is 15.9 Å². The molecule has 0 aliphatic carbocycles. The lowest BCUT2D eigenvalue weighted by Gasteiger charge is -2.07. The quantitative estimate of drug-likeness (QED) is 0.524. The number of alkyl halides is 3. The third kappa shape index (κ3) is 2.20. The molecule has 0 fully saturated rings. The summed E-state index contributed by atoms with van der Waals surface area (Å²) < 4.78 is 24.7. The number of halogens is 3. The maximum absolute atomic E-state index is 12.3. The molecule has 1 rings (SSSR count). The first kappa shape index (κ1) is 11.8. The molecule has 82 valence electrons. The molecule has 1 heterocycles. The van der Waals surface area contributed by atoms with Gasteiger partial charge in [-0.3, -0.25) is 10.1 Å². The fourth-order valence-electron chi connectivity index (χ4n) is 1.04. The molecule has 0 atom stereocenters. The van der Waals surface area contributed by atoms with Crippen LogP contribution < -0.4 is 5.73 Å². The predicted molar refractivity (Wildman–Crippen MR) is 52.9 cm³/mol. The van der Waals surface area contributed by atoms with Gasteiger partial charge in [0.15, 0.2) is 0 Å². The Hall–Kier alpha value is -1.31. The Labute approximate surface area is 91.6 Å². The molecule has 0 aromatic carbocycles. The number of nitrogens with zero attached hydrogens (tertiary/aromatic N) is 2. The number of hydrogen-bond donors (Lipinski definition) is 1. The van der Waals surface area contributed by atoms with Gasteiger partial charge in [-0.2, -0.15) is 0 Å². The van der Waals surface area contributed by atoms with E-state index in [0.717, 1.165) is 6.20 Å². The van der Waals surface area contributed by atoms with Gasteiger partial charge >= 0.3 is 0 Å². The highest BCUT2D eigenvalue weighted by molar-refractivity contribution is 9.08. The molecular formula is C7H6BrF2N3O2. The van der Waals surface area contributed by atoms with Crippen LogP contribution in [-0.4, -0.2) is 9.91 Å². The maximum atomic E-state index is 12.3. The molecule has 0 bridgehead atoms. The zero-order valence-corrected chi connectivity index (χ0v) is 8.87. The SMILES string of the molecule is Nc1c(C(F)F)ncc([N+](=O)[O-])c1CBr. The summed E-state index contributed by atoms with van der Waals surface area (Å²) in [5, 5.41) is 10.5. The molecule has 0 amide bonds. The van der Waals surface area contributed by atoms with Crippen molar-refractivity contribution in [3.63, 3.8) is 0 Å². The van der Waals surface area contributed by atoms with E-state index in [1.54, 1.807) is 0 Å². The monoisotopic (exact) mass is 281 g/mol. The molecule has 5 nitrogen and oxygen atoms in total. The molecule has 0 aliphatic rings. The Bertz CT molecular complexity index is 400. The molecule has 8 heteroatoms. The van der Waals surface area contributed by atoms with E-state index in [-0.39, 0.29) is 22.3 Å². The highest BCUT2D eigenvalue weighted by atomic mass is 79.9. The highest BCUT2D eigenvalue weighted by Crippen LogP contribution is 2.32. The Morgan fingerprint density at radius 3 is 2.67 bits per heavy atom. The van der Waals surface area contributed by atoms with Crippen LogP contribution in [0.15, 0.2) is 6.20 Å². The molecule has 15 heavy (non-hydrogen) atoms. The first-order chi connectivity index (χ1) is 6.99. The average Bonchev–Trinajstić information content (AvgIpc) is 2.16. The Morgan fingerprint density at radius 2 is 2.27 bits per heavy atom. The van der Waals surface area contributed by atoms with Gasteiger partial charge in [-0.15, -0.1) is 0 Å². The second kappa shape index (κ2) is 4.47. The molecule has 0 saturated heterocycles. The molecule has 0 saturated carbocycles. The van der Waals surface area contributed by atoms with Crippen molar-refractivity contribution in [1.82, 2.24) is 4.98 Å². The number of hydrogen-bond acceptors (Lipinski definition) is 4. The van der Waals surface area contributed by atoms with E-state index in [4.69, 9.17) is 5.73 Å². The van der Waals surface area contributed by atoms with E-state index in [2.05, 4.69) is 20.9 Å². The molecule has 0 aliphatic heterocycles. The fourth-order valence-corrected chi connectivity index (χ4v) is 1.63. The summed E-state index contributed by atoms with van der Waals surface area (Å²) in [5.74, 6) is 0. The lowest BCUT2D eigenvalue weighted by molar-refractivity contribution is -0.385. The van der Waals surface area contributed by atoms with Gasteiger partial charge in [0.2, 0.25) is 0 Å². The summed E-state index contributed by atoms with van der Waals surface area (Å²) in [6.45, 7) is 0. The lowest BCUT2D eigenvalue weighted by atomic mass is 10.1. The third-order valence-corrected chi connectivity index (χ3v) is 2.33. The Balaban J connectivity index is 3.39. The van der Waals surface area contributed by atoms with Crippen LogP contribution in [0.1, 0.15) is 17.7 Å². The number of nitro groups is 1. The van der Waals surface area contributed by atoms with E-state index in [9.17, 15) is 18.9 Å². The third-order valence-electron chi connectivity index (χ3n) is 1.77. The first-order valence-corrected chi connectivity index (χ1v) is 4.87. The molecule has 0 unspecified atom stereocenters. The molecule has 1 aromatic rings. The molecule has 0 radical (unpaired) electrons. The molecule has 1 aromatic heterocycles. The van der Waals surface area contributed by atoms with E-state index in [1.165, 1.54) is 0 Å². The van der Waals surface area contributed by atoms with Crippen molar-refractivity contribution in [1.29, 1.82) is 0 Å². The minimum Gasteiger partial charge on any atom is -0.397 e. The Kier molecular flexibility index (Phi) is 3.51. The highest BCUT2D eigenvalue weighted by Gasteiger charge is 2.23. The number of rotatable bonds is 3. The minimum absolute atomic E-state index is 0.0188. The van der Waals surface area contributed by atoms with Gasteiger partial charge < -0.3 is 5.73 Å². The Morgan fingerprint density at radius 1 is 1.67 bits per heavy atom. The first-order valence-electron chi connectivity index (χ1n) is 3.74. The van der Waals surface area contributed by atoms with Gasteiger partial charge in [-0.05, 0) is 0 Å². The van der Waals surface area contributed by atoms with Gasteiger partial charge in [-0.25, -0.2) is 13.8 Å². The molecule has 0 spiro atoms. The van der Waals surface area contributed by atoms with Crippen molar-refractivity contribution in [2.24, 2.45) is 0 Å². The number of anilines is 1. The number of nitrogens with two attached hydrogens (primary N) is 1. The van der Waals surface area contributed by atoms with E-state index in [0.29, 0.717) is 0 Å². The van der Waals surface area contributed by atoms with Crippen molar-refractivity contribution >= 4 is 27.3 Å². The van der Waals surface area contributed by atoms with Crippen LogP contribution in [0.4, 0.5) is 20.2 Å². The van der Waals surface area contributed by atoms with Crippen molar-refractivity contribution in [3.05, 3.63) is 27.6 Å². The van der Waals surface area contributed by atoms with Crippen LogP contribution in [-0.2, 0) is 5.33 Å². The summed E-state index contributed by atoms with van der Waals surface area (Å²) in [5.41, 5.74) is 4.04. The summed E-state index contributed by atoms with van der Waals surface area (Å²) >= 11 is 2.95. The summed E-state index contributed by atoms with van der Waals surface area (Å²) in [6.07, 6.45) is -2.06. The average molecular weight is 282 g/mol. The van der Waals surface area contributed by atoms with Crippen LogP contribution in [0, 0.1) is 10.1 Å². The van der Waals surface area contributed by atoms with E-state index in [1.807, 2.05) is 0 Å².